The summed E-state index contributed by atoms with van der Waals surface area (Å²) in [6.07, 6.45) is 4.81. The summed E-state index contributed by atoms with van der Waals surface area (Å²) in [7, 11) is 2.07. The lowest BCUT2D eigenvalue weighted by Gasteiger charge is -2.27. The van der Waals surface area contributed by atoms with Crippen molar-refractivity contribution in [1.82, 2.24) is 10.2 Å². The lowest BCUT2D eigenvalue weighted by atomic mass is 10.1. The van der Waals surface area contributed by atoms with Gasteiger partial charge in [-0.1, -0.05) is 38.3 Å². The highest BCUT2D eigenvalue weighted by Gasteiger charge is 2.13. The van der Waals surface area contributed by atoms with E-state index in [1.165, 1.54) is 19.3 Å². The molecule has 0 spiro atoms. The molecular formula is C12H20ClN3. The predicted molar refractivity (Wildman–Crippen MR) is 69.0 cm³/mol. The molecule has 0 amide bonds. The van der Waals surface area contributed by atoms with Gasteiger partial charge in [-0.3, -0.25) is 0 Å². The quantitative estimate of drug-likeness (QED) is 0.763. The molecule has 1 atom stereocenters. The van der Waals surface area contributed by atoms with Crippen molar-refractivity contribution in [3.8, 4) is 0 Å². The van der Waals surface area contributed by atoms with E-state index in [2.05, 4.69) is 36.0 Å². The molecule has 1 rings (SSSR count). The number of unbranched alkanes of at least 4 members (excludes halogenated alkanes) is 1. The fourth-order valence-corrected chi connectivity index (χ4v) is 1.90. The predicted octanol–water partition coefficient (Wildman–Crippen LogP) is 3.54. The van der Waals surface area contributed by atoms with Crippen molar-refractivity contribution in [1.29, 1.82) is 0 Å². The fraction of sp³-hybridized carbons (Fsp3) is 0.667. The van der Waals surface area contributed by atoms with Gasteiger partial charge in [0.25, 0.3) is 0 Å². The Balaban J connectivity index is 2.66. The highest BCUT2D eigenvalue weighted by molar-refractivity contribution is 6.29. The van der Waals surface area contributed by atoms with Crippen LogP contribution < -0.4 is 4.90 Å². The molecule has 0 saturated carbocycles. The fourth-order valence-electron chi connectivity index (χ4n) is 1.80. The van der Waals surface area contributed by atoms with Crippen molar-refractivity contribution in [2.45, 2.75) is 45.6 Å². The van der Waals surface area contributed by atoms with Gasteiger partial charge in [-0.15, -0.1) is 10.2 Å². The molecule has 0 N–H and O–H groups in total. The SMILES string of the molecule is CCCC[C@@H](CC)N(C)c1ccc(Cl)nn1. The minimum Gasteiger partial charge on any atom is -0.355 e. The third-order valence-electron chi connectivity index (χ3n) is 2.89. The van der Waals surface area contributed by atoms with E-state index >= 15 is 0 Å². The van der Waals surface area contributed by atoms with Gasteiger partial charge >= 0.3 is 0 Å². The molecule has 0 fully saturated rings. The summed E-state index contributed by atoms with van der Waals surface area (Å²) in [5.41, 5.74) is 0. The number of aromatic nitrogens is 2. The zero-order valence-electron chi connectivity index (χ0n) is 10.3. The van der Waals surface area contributed by atoms with Crippen molar-refractivity contribution in [3.63, 3.8) is 0 Å². The molecule has 3 nitrogen and oxygen atoms in total. The highest BCUT2D eigenvalue weighted by atomic mass is 35.5. The van der Waals surface area contributed by atoms with Crippen LogP contribution in [0.4, 0.5) is 5.82 Å². The molecule has 90 valence electrons. The average Bonchev–Trinajstić information content (AvgIpc) is 2.30. The van der Waals surface area contributed by atoms with E-state index in [1.807, 2.05) is 6.07 Å². The van der Waals surface area contributed by atoms with Crippen LogP contribution in [0.2, 0.25) is 5.15 Å². The van der Waals surface area contributed by atoms with Crippen LogP contribution in [-0.2, 0) is 0 Å². The topological polar surface area (TPSA) is 29.0 Å². The van der Waals surface area contributed by atoms with E-state index in [-0.39, 0.29) is 0 Å². The number of hydrogen-bond donors (Lipinski definition) is 0. The molecule has 0 aliphatic heterocycles. The summed E-state index contributed by atoms with van der Waals surface area (Å²) in [6, 6.07) is 4.24. The monoisotopic (exact) mass is 241 g/mol. The van der Waals surface area contributed by atoms with Gasteiger partial charge in [0.2, 0.25) is 0 Å². The number of anilines is 1. The van der Waals surface area contributed by atoms with Crippen LogP contribution in [0.25, 0.3) is 0 Å². The van der Waals surface area contributed by atoms with E-state index in [0.717, 1.165) is 12.2 Å². The maximum absolute atomic E-state index is 5.72. The number of halogens is 1. The van der Waals surface area contributed by atoms with Gasteiger partial charge < -0.3 is 4.90 Å². The Labute approximate surface area is 103 Å². The van der Waals surface area contributed by atoms with Gasteiger partial charge in [-0.2, -0.15) is 0 Å². The third kappa shape index (κ3) is 3.63. The summed E-state index contributed by atoms with van der Waals surface area (Å²) in [5.74, 6) is 0.896. The van der Waals surface area contributed by atoms with Crippen LogP contribution in [-0.4, -0.2) is 23.3 Å². The smallest absolute Gasteiger partial charge is 0.151 e. The molecule has 0 bridgehead atoms. The maximum atomic E-state index is 5.72. The zero-order valence-corrected chi connectivity index (χ0v) is 11.0. The maximum Gasteiger partial charge on any atom is 0.151 e. The largest absolute Gasteiger partial charge is 0.355 e. The Kier molecular flexibility index (Phi) is 5.53. The minimum absolute atomic E-state index is 0.443. The van der Waals surface area contributed by atoms with Crippen LogP contribution >= 0.6 is 11.6 Å². The molecule has 1 aromatic heterocycles. The second-order valence-corrected chi connectivity index (χ2v) is 4.42. The standard InChI is InChI=1S/C12H20ClN3/c1-4-6-7-10(5-2)16(3)12-9-8-11(13)14-15-12/h8-10H,4-7H2,1-3H3/t10-/m1/s1. The molecule has 1 heterocycles. The second-order valence-electron chi connectivity index (χ2n) is 4.03. The highest BCUT2D eigenvalue weighted by Crippen LogP contribution is 2.18. The first-order valence-electron chi connectivity index (χ1n) is 5.91. The first kappa shape index (κ1) is 13.2. The van der Waals surface area contributed by atoms with Crippen molar-refractivity contribution in [2.24, 2.45) is 0 Å². The summed E-state index contributed by atoms with van der Waals surface area (Å²) in [4.78, 5) is 2.19. The Morgan fingerprint density at radius 2 is 2.06 bits per heavy atom. The minimum atomic E-state index is 0.443. The van der Waals surface area contributed by atoms with E-state index in [9.17, 15) is 0 Å². The van der Waals surface area contributed by atoms with Crippen LogP contribution in [0, 0.1) is 0 Å². The van der Waals surface area contributed by atoms with E-state index in [1.54, 1.807) is 6.07 Å². The Bertz CT molecular complexity index is 300. The third-order valence-corrected chi connectivity index (χ3v) is 3.09. The molecule has 0 radical (unpaired) electrons. The molecule has 0 unspecified atom stereocenters. The molecule has 0 aromatic carbocycles. The van der Waals surface area contributed by atoms with Crippen LogP contribution in [0.5, 0.6) is 0 Å². The van der Waals surface area contributed by atoms with Crippen molar-refractivity contribution in [2.75, 3.05) is 11.9 Å². The van der Waals surface area contributed by atoms with Crippen molar-refractivity contribution >= 4 is 17.4 Å². The number of hydrogen-bond acceptors (Lipinski definition) is 3. The lowest BCUT2D eigenvalue weighted by molar-refractivity contribution is 0.532. The van der Waals surface area contributed by atoms with Gasteiger partial charge in [0.15, 0.2) is 11.0 Å². The van der Waals surface area contributed by atoms with Crippen LogP contribution in [0.3, 0.4) is 0 Å². The molecular weight excluding hydrogens is 222 g/mol. The van der Waals surface area contributed by atoms with Gasteiger partial charge in [0.05, 0.1) is 0 Å². The summed E-state index contributed by atoms with van der Waals surface area (Å²) in [6.45, 7) is 4.43. The summed E-state index contributed by atoms with van der Waals surface area (Å²) in [5, 5.41) is 8.41. The zero-order chi connectivity index (χ0) is 12.0. The molecule has 0 aliphatic rings. The van der Waals surface area contributed by atoms with E-state index in [4.69, 9.17) is 11.6 Å². The Hall–Kier alpha value is -0.830. The van der Waals surface area contributed by atoms with E-state index in [0.29, 0.717) is 11.2 Å². The Morgan fingerprint density at radius 3 is 2.56 bits per heavy atom. The number of nitrogens with zero attached hydrogens (tertiary/aromatic N) is 3. The lowest BCUT2D eigenvalue weighted by Crippen LogP contribution is -2.31. The molecule has 0 saturated heterocycles. The van der Waals surface area contributed by atoms with Gasteiger partial charge in [-0.05, 0) is 25.0 Å². The van der Waals surface area contributed by atoms with Crippen LogP contribution in [0.15, 0.2) is 12.1 Å². The second kappa shape index (κ2) is 6.69. The first-order chi connectivity index (χ1) is 7.69. The van der Waals surface area contributed by atoms with Gasteiger partial charge in [0, 0.05) is 13.1 Å². The first-order valence-corrected chi connectivity index (χ1v) is 6.28. The summed E-state index contributed by atoms with van der Waals surface area (Å²) < 4.78 is 0. The Morgan fingerprint density at radius 1 is 1.31 bits per heavy atom. The molecule has 1 aromatic rings. The average molecular weight is 242 g/mol. The van der Waals surface area contributed by atoms with E-state index < -0.39 is 0 Å². The van der Waals surface area contributed by atoms with Gasteiger partial charge in [-0.25, -0.2) is 0 Å². The normalized spacial score (nSPS) is 12.5. The molecule has 4 heteroatoms. The molecule has 16 heavy (non-hydrogen) atoms. The van der Waals surface area contributed by atoms with Crippen molar-refractivity contribution < 1.29 is 0 Å². The molecule has 0 aliphatic carbocycles. The summed E-state index contributed by atoms with van der Waals surface area (Å²) >= 11 is 5.72. The van der Waals surface area contributed by atoms with Crippen molar-refractivity contribution in [3.05, 3.63) is 17.3 Å². The van der Waals surface area contributed by atoms with Crippen LogP contribution in [0.1, 0.15) is 39.5 Å². The van der Waals surface area contributed by atoms with Gasteiger partial charge in [0.1, 0.15) is 0 Å². The number of rotatable bonds is 6.